The third-order valence-electron chi connectivity index (χ3n) is 2.63. The van der Waals surface area contributed by atoms with Crippen LogP contribution in [0.15, 0.2) is 0 Å². The highest BCUT2D eigenvalue weighted by Gasteiger charge is 2.35. The van der Waals surface area contributed by atoms with Gasteiger partial charge < -0.3 is 4.74 Å². The summed E-state index contributed by atoms with van der Waals surface area (Å²) in [4.78, 5) is 2.06. The lowest BCUT2D eigenvalue weighted by molar-refractivity contribution is -0.0778. The van der Waals surface area contributed by atoms with Gasteiger partial charge in [-0.3, -0.25) is 4.90 Å². The Morgan fingerprint density at radius 3 is 2.36 bits per heavy atom. The Labute approximate surface area is 86.4 Å². The van der Waals surface area contributed by atoms with E-state index >= 15 is 0 Å². The molecule has 0 radical (unpaired) electrons. The van der Waals surface area contributed by atoms with E-state index in [1.54, 1.807) is 0 Å². The average molecular weight is 203 g/mol. The highest BCUT2D eigenvalue weighted by molar-refractivity contribution is 4.88. The Hall–Kier alpha value is -0.150. The van der Waals surface area contributed by atoms with E-state index in [4.69, 9.17) is 4.74 Å². The Morgan fingerprint density at radius 2 is 2.00 bits per heavy atom. The minimum absolute atomic E-state index is 0.0979. The molecule has 0 aromatic rings. The van der Waals surface area contributed by atoms with Gasteiger partial charge in [0.25, 0.3) is 0 Å². The van der Waals surface area contributed by atoms with E-state index in [2.05, 4.69) is 4.90 Å². The highest BCUT2D eigenvalue weighted by atomic mass is 19.1. The number of halogens is 1. The molecule has 1 heterocycles. The molecule has 0 aromatic heterocycles. The maximum Gasteiger partial charge on any atom is 0.114 e. The van der Waals surface area contributed by atoms with Crippen LogP contribution in [-0.4, -0.2) is 42.4 Å². The van der Waals surface area contributed by atoms with Gasteiger partial charge in [0, 0.05) is 12.6 Å². The van der Waals surface area contributed by atoms with E-state index in [0.29, 0.717) is 13.0 Å². The number of nitrogens with zero attached hydrogens (tertiary/aromatic N) is 1. The van der Waals surface area contributed by atoms with E-state index < -0.39 is 6.17 Å². The third-order valence-corrected chi connectivity index (χ3v) is 2.63. The minimum atomic E-state index is -0.684. The maximum absolute atomic E-state index is 13.1. The van der Waals surface area contributed by atoms with E-state index in [0.717, 1.165) is 0 Å². The fourth-order valence-corrected chi connectivity index (χ4v) is 2.15. The number of hydrogen-bond acceptors (Lipinski definition) is 2. The zero-order chi connectivity index (χ0) is 10.9. The molecule has 0 N–H and O–H groups in total. The Bertz CT molecular complexity index is 190. The fraction of sp³-hybridized carbons (Fsp3) is 1.00. The standard InChI is InChI=1S/C11H22FNO/c1-8(14-11(2,3)4)10-6-9(12)7-13(10)5/h8-10H,6-7H2,1-5H3/t8-,9-,10-/m0/s1. The number of alkyl halides is 1. The minimum Gasteiger partial charge on any atom is -0.371 e. The quantitative estimate of drug-likeness (QED) is 0.682. The summed E-state index contributed by atoms with van der Waals surface area (Å²) < 4.78 is 19.0. The zero-order valence-electron chi connectivity index (χ0n) is 9.88. The predicted molar refractivity (Wildman–Crippen MR) is 56.2 cm³/mol. The van der Waals surface area contributed by atoms with Gasteiger partial charge in [0.1, 0.15) is 6.17 Å². The van der Waals surface area contributed by atoms with Crippen LogP contribution in [0, 0.1) is 0 Å². The lowest BCUT2D eigenvalue weighted by atomic mass is 10.1. The second-order valence-corrected chi connectivity index (χ2v) is 5.28. The molecule has 2 nitrogen and oxygen atoms in total. The zero-order valence-corrected chi connectivity index (χ0v) is 9.88. The van der Waals surface area contributed by atoms with Crippen LogP contribution >= 0.6 is 0 Å². The second-order valence-electron chi connectivity index (χ2n) is 5.28. The number of likely N-dealkylation sites (N-methyl/N-ethyl adjacent to an activating group) is 1. The summed E-state index contributed by atoms with van der Waals surface area (Å²) >= 11 is 0. The van der Waals surface area contributed by atoms with E-state index in [1.807, 2.05) is 34.7 Å². The molecule has 0 spiro atoms. The molecule has 1 aliphatic heterocycles. The van der Waals surface area contributed by atoms with Gasteiger partial charge >= 0.3 is 0 Å². The Balaban J connectivity index is 2.49. The molecule has 0 aromatic carbocycles. The number of ether oxygens (including phenoxy) is 1. The van der Waals surface area contributed by atoms with E-state index in [1.165, 1.54) is 0 Å². The predicted octanol–water partition coefficient (Wildman–Crippen LogP) is 2.23. The maximum atomic E-state index is 13.1. The SMILES string of the molecule is C[C@H](OC(C)(C)C)[C@@H]1C[C@H](F)CN1C. The van der Waals surface area contributed by atoms with Gasteiger partial charge in [0.2, 0.25) is 0 Å². The van der Waals surface area contributed by atoms with Crippen molar-refractivity contribution in [1.82, 2.24) is 4.90 Å². The Kier molecular flexibility index (Phi) is 3.53. The fourth-order valence-electron chi connectivity index (χ4n) is 2.15. The van der Waals surface area contributed by atoms with Crippen LogP contribution in [0.2, 0.25) is 0 Å². The van der Waals surface area contributed by atoms with Crippen molar-refractivity contribution in [1.29, 1.82) is 0 Å². The normalized spacial score (nSPS) is 32.1. The summed E-state index contributed by atoms with van der Waals surface area (Å²) in [7, 11) is 1.97. The smallest absolute Gasteiger partial charge is 0.114 e. The van der Waals surface area contributed by atoms with Crippen LogP contribution in [0.4, 0.5) is 4.39 Å². The number of likely N-dealkylation sites (tertiary alicyclic amines) is 1. The van der Waals surface area contributed by atoms with Gasteiger partial charge in [-0.2, -0.15) is 0 Å². The van der Waals surface area contributed by atoms with Crippen LogP contribution in [0.25, 0.3) is 0 Å². The topological polar surface area (TPSA) is 12.5 Å². The molecule has 14 heavy (non-hydrogen) atoms. The first kappa shape index (κ1) is 11.9. The molecule has 1 aliphatic rings. The van der Waals surface area contributed by atoms with Crippen molar-refractivity contribution < 1.29 is 9.13 Å². The largest absolute Gasteiger partial charge is 0.371 e. The van der Waals surface area contributed by atoms with E-state index in [9.17, 15) is 4.39 Å². The lowest BCUT2D eigenvalue weighted by Crippen LogP contribution is -2.40. The van der Waals surface area contributed by atoms with Gasteiger partial charge in [-0.05, 0) is 41.2 Å². The lowest BCUT2D eigenvalue weighted by Gasteiger charge is -2.31. The van der Waals surface area contributed by atoms with Crippen molar-refractivity contribution in [2.45, 2.75) is 58.0 Å². The summed E-state index contributed by atoms with van der Waals surface area (Å²) in [5.41, 5.74) is -0.144. The molecule has 0 bridgehead atoms. The van der Waals surface area contributed by atoms with Crippen LogP contribution in [-0.2, 0) is 4.74 Å². The van der Waals surface area contributed by atoms with Crippen molar-refractivity contribution in [3.63, 3.8) is 0 Å². The molecule has 3 heteroatoms. The summed E-state index contributed by atoms with van der Waals surface area (Å²) in [6.45, 7) is 8.68. The third kappa shape index (κ3) is 3.21. The summed E-state index contributed by atoms with van der Waals surface area (Å²) in [5, 5.41) is 0. The van der Waals surface area contributed by atoms with Gasteiger partial charge in [-0.1, -0.05) is 0 Å². The van der Waals surface area contributed by atoms with Gasteiger partial charge in [0.15, 0.2) is 0 Å². The van der Waals surface area contributed by atoms with Crippen LogP contribution in [0.3, 0.4) is 0 Å². The van der Waals surface area contributed by atoms with Crippen LogP contribution < -0.4 is 0 Å². The molecule has 1 saturated heterocycles. The summed E-state index contributed by atoms with van der Waals surface area (Å²) in [6.07, 6.45) is 0.0186. The first-order chi connectivity index (χ1) is 6.29. The van der Waals surface area contributed by atoms with Gasteiger partial charge in [-0.25, -0.2) is 4.39 Å². The number of rotatable bonds is 2. The second kappa shape index (κ2) is 4.15. The summed E-state index contributed by atoms with van der Waals surface area (Å²) in [6, 6.07) is 0.226. The first-order valence-electron chi connectivity index (χ1n) is 5.32. The van der Waals surface area contributed by atoms with Gasteiger partial charge in [-0.15, -0.1) is 0 Å². The number of hydrogen-bond donors (Lipinski definition) is 0. The molecule has 3 atom stereocenters. The molecule has 0 aliphatic carbocycles. The van der Waals surface area contributed by atoms with Crippen LogP contribution in [0.1, 0.15) is 34.1 Å². The summed E-state index contributed by atoms with van der Waals surface area (Å²) in [5.74, 6) is 0. The molecule has 0 unspecified atom stereocenters. The molecular formula is C11H22FNO. The molecular weight excluding hydrogens is 181 g/mol. The Morgan fingerprint density at radius 1 is 1.43 bits per heavy atom. The van der Waals surface area contributed by atoms with Crippen LogP contribution in [0.5, 0.6) is 0 Å². The molecule has 1 rings (SSSR count). The monoisotopic (exact) mass is 203 g/mol. The van der Waals surface area contributed by atoms with Crippen molar-refractivity contribution in [3.8, 4) is 0 Å². The van der Waals surface area contributed by atoms with Crippen molar-refractivity contribution in [2.75, 3.05) is 13.6 Å². The highest BCUT2D eigenvalue weighted by Crippen LogP contribution is 2.25. The molecule has 1 fully saturated rings. The molecule has 0 amide bonds. The van der Waals surface area contributed by atoms with Crippen molar-refractivity contribution >= 4 is 0 Å². The molecule has 84 valence electrons. The average Bonchev–Trinajstić information content (AvgIpc) is 2.26. The van der Waals surface area contributed by atoms with Crippen molar-refractivity contribution in [3.05, 3.63) is 0 Å². The van der Waals surface area contributed by atoms with Crippen molar-refractivity contribution in [2.24, 2.45) is 0 Å². The van der Waals surface area contributed by atoms with E-state index in [-0.39, 0.29) is 17.7 Å². The first-order valence-corrected chi connectivity index (χ1v) is 5.32. The molecule has 0 saturated carbocycles. The van der Waals surface area contributed by atoms with Gasteiger partial charge in [0.05, 0.1) is 11.7 Å².